The Balaban J connectivity index is 0.000000827. The van der Waals surface area contributed by atoms with E-state index in [1.54, 1.807) is 12.1 Å². The number of carbonyl (C=O) groups is 2. The van der Waals surface area contributed by atoms with E-state index in [0.29, 0.717) is 75.7 Å². The fraction of sp³-hybridized carbons (Fsp3) is 0.361. The zero-order valence-electron chi connectivity index (χ0n) is 28.1. The lowest BCUT2D eigenvalue weighted by Crippen LogP contribution is -2.27. The summed E-state index contributed by atoms with van der Waals surface area (Å²) in [6, 6.07) is 22.7. The summed E-state index contributed by atoms with van der Waals surface area (Å²) in [5.74, 6) is 2.22. The molecule has 0 saturated heterocycles. The lowest BCUT2D eigenvalue weighted by atomic mass is 10.00. The average molecular weight is 691 g/mol. The van der Waals surface area contributed by atoms with Crippen LogP contribution in [0.1, 0.15) is 47.0 Å². The van der Waals surface area contributed by atoms with Crippen molar-refractivity contribution in [1.82, 2.24) is 25.4 Å². The van der Waals surface area contributed by atoms with Crippen LogP contribution in [0.3, 0.4) is 0 Å². The van der Waals surface area contributed by atoms with Crippen LogP contribution in [-0.4, -0.2) is 91.6 Å². The summed E-state index contributed by atoms with van der Waals surface area (Å²) in [5, 5.41) is 14.6. The fourth-order valence-electron chi connectivity index (χ4n) is 4.84. The van der Waals surface area contributed by atoms with Crippen LogP contribution in [0.15, 0.2) is 77.8 Å². The highest BCUT2D eigenvalue weighted by Gasteiger charge is 2.22. The summed E-state index contributed by atoms with van der Waals surface area (Å²) < 4.78 is 24.8. The molecule has 0 unspecified atom stereocenters. The molecule has 2 N–H and O–H groups in total. The molecule has 2 amide bonds. The number of rotatable bonds is 16. The Kier molecular flexibility index (Phi) is 15.2. The standard InChI is InChI=1S/C32H34ClN5O5.C4H9NO/c1-23-36-37-30-22-35-31(24-7-9-26(33)10-8-24)28-21-27(11-12-29(28)38(23)30)43-20-19-42-18-17-41-16-15-40-14-13-34-32(39)25-5-3-2-4-6-25;1-3-5-4(2)6/h2-12,21H,13-20,22H2,1H3,(H,34,39);3H2,1-2H3,(H,5,6). The van der Waals surface area contributed by atoms with Gasteiger partial charge in [-0.25, -0.2) is 0 Å². The van der Waals surface area contributed by atoms with Gasteiger partial charge >= 0.3 is 0 Å². The minimum Gasteiger partial charge on any atom is -0.491 e. The highest BCUT2D eigenvalue weighted by molar-refractivity contribution is 6.30. The van der Waals surface area contributed by atoms with Crippen molar-refractivity contribution in [3.05, 3.63) is 106 Å². The number of amides is 2. The van der Waals surface area contributed by atoms with Gasteiger partial charge < -0.3 is 29.6 Å². The van der Waals surface area contributed by atoms with Crippen LogP contribution in [0.4, 0.5) is 0 Å². The number of aliphatic imine (C=N–C) groups is 1. The van der Waals surface area contributed by atoms with E-state index >= 15 is 0 Å². The molecule has 0 radical (unpaired) electrons. The second kappa shape index (κ2) is 20.0. The molecule has 1 aliphatic rings. The Hall–Kier alpha value is -4.62. The quantitative estimate of drug-likeness (QED) is 0.163. The van der Waals surface area contributed by atoms with Crippen LogP contribution < -0.4 is 15.4 Å². The summed E-state index contributed by atoms with van der Waals surface area (Å²) in [7, 11) is 0. The number of hydrogen-bond donors (Lipinski definition) is 2. The van der Waals surface area contributed by atoms with E-state index in [2.05, 4.69) is 20.8 Å². The summed E-state index contributed by atoms with van der Waals surface area (Å²) >= 11 is 6.13. The van der Waals surface area contributed by atoms with Crippen molar-refractivity contribution in [3.63, 3.8) is 0 Å². The largest absolute Gasteiger partial charge is 0.491 e. The van der Waals surface area contributed by atoms with Crippen molar-refractivity contribution < 1.29 is 28.5 Å². The van der Waals surface area contributed by atoms with Crippen LogP contribution in [0.2, 0.25) is 5.02 Å². The molecule has 12 nitrogen and oxygen atoms in total. The molecule has 0 spiro atoms. The molecular weight excluding hydrogens is 648 g/mol. The first-order valence-electron chi connectivity index (χ1n) is 16.2. The number of aryl methyl sites for hydroxylation is 1. The topological polar surface area (TPSA) is 138 Å². The van der Waals surface area contributed by atoms with Crippen LogP contribution in [0.25, 0.3) is 5.69 Å². The third kappa shape index (κ3) is 11.8. The van der Waals surface area contributed by atoms with Gasteiger partial charge in [-0.15, -0.1) is 10.2 Å². The smallest absolute Gasteiger partial charge is 0.251 e. The molecule has 1 aliphatic heterocycles. The molecule has 0 aliphatic carbocycles. The van der Waals surface area contributed by atoms with Gasteiger partial charge in [0, 0.05) is 41.7 Å². The number of nitrogens with one attached hydrogen (secondary N) is 2. The van der Waals surface area contributed by atoms with Crippen molar-refractivity contribution in [2.75, 3.05) is 59.3 Å². The number of halogens is 1. The van der Waals surface area contributed by atoms with Crippen molar-refractivity contribution >= 4 is 29.1 Å². The molecular formula is C36H43ClN6O6. The maximum Gasteiger partial charge on any atom is 0.251 e. The van der Waals surface area contributed by atoms with E-state index in [1.165, 1.54) is 6.92 Å². The van der Waals surface area contributed by atoms with E-state index in [4.69, 9.17) is 35.5 Å². The predicted molar refractivity (Wildman–Crippen MR) is 188 cm³/mol. The van der Waals surface area contributed by atoms with Crippen LogP contribution in [0.5, 0.6) is 5.75 Å². The molecule has 3 aromatic carbocycles. The van der Waals surface area contributed by atoms with Crippen molar-refractivity contribution in [2.45, 2.75) is 27.3 Å². The van der Waals surface area contributed by atoms with Crippen molar-refractivity contribution in [2.24, 2.45) is 4.99 Å². The molecule has 2 heterocycles. The zero-order chi connectivity index (χ0) is 34.8. The second-order valence-electron chi connectivity index (χ2n) is 10.7. The number of fused-ring (bicyclic) bond motifs is 3. The maximum absolute atomic E-state index is 12.0. The number of hydrogen-bond acceptors (Lipinski definition) is 9. The van der Waals surface area contributed by atoms with Gasteiger partial charge in [0.25, 0.3) is 5.91 Å². The maximum atomic E-state index is 12.0. The summed E-state index contributed by atoms with van der Waals surface area (Å²) in [6.07, 6.45) is 0. The lowest BCUT2D eigenvalue weighted by molar-refractivity contribution is -0.118. The Morgan fingerprint density at radius 1 is 0.837 bits per heavy atom. The molecule has 1 aromatic heterocycles. The summed E-state index contributed by atoms with van der Waals surface area (Å²) in [6.45, 7) is 9.94. The van der Waals surface area contributed by atoms with E-state index < -0.39 is 0 Å². The van der Waals surface area contributed by atoms with E-state index in [9.17, 15) is 9.59 Å². The Morgan fingerprint density at radius 2 is 1.51 bits per heavy atom. The molecule has 0 bridgehead atoms. The minimum absolute atomic E-state index is 0.0394. The van der Waals surface area contributed by atoms with Gasteiger partial charge in [-0.05, 0) is 56.3 Å². The summed E-state index contributed by atoms with van der Waals surface area (Å²) in [4.78, 5) is 26.8. The van der Waals surface area contributed by atoms with Crippen molar-refractivity contribution in [1.29, 1.82) is 0 Å². The molecule has 0 atom stereocenters. The minimum atomic E-state index is -0.110. The van der Waals surface area contributed by atoms with Gasteiger partial charge in [0.2, 0.25) is 5.91 Å². The normalized spacial score (nSPS) is 11.6. The Bertz CT molecular complexity index is 1660. The van der Waals surface area contributed by atoms with Crippen LogP contribution in [0, 0.1) is 6.92 Å². The molecule has 260 valence electrons. The number of aromatic nitrogens is 3. The van der Waals surface area contributed by atoms with E-state index in [-0.39, 0.29) is 11.8 Å². The Morgan fingerprint density at radius 3 is 2.16 bits per heavy atom. The molecule has 0 fully saturated rings. The fourth-order valence-corrected chi connectivity index (χ4v) is 4.96. The van der Waals surface area contributed by atoms with E-state index in [1.807, 2.05) is 79.1 Å². The first kappa shape index (κ1) is 37.2. The molecule has 49 heavy (non-hydrogen) atoms. The van der Waals surface area contributed by atoms with Gasteiger partial charge in [-0.2, -0.15) is 0 Å². The van der Waals surface area contributed by atoms with E-state index in [0.717, 1.165) is 40.7 Å². The highest BCUT2D eigenvalue weighted by atomic mass is 35.5. The van der Waals surface area contributed by atoms with Crippen LogP contribution in [-0.2, 0) is 25.5 Å². The Labute approximate surface area is 291 Å². The van der Waals surface area contributed by atoms with Gasteiger partial charge in [0.1, 0.15) is 24.7 Å². The van der Waals surface area contributed by atoms with Gasteiger partial charge in [-0.3, -0.25) is 19.1 Å². The number of nitrogens with zero attached hydrogens (tertiary/aromatic N) is 4. The SMILES string of the molecule is CCNC(C)=O.Cc1nnc2n1-c1ccc(OCCOCCOCCOCCNC(=O)c3ccccc3)cc1C(c1ccc(Cl)cc1)=NC2. The third-order valence-corrected chi connectivity index (χ3v) is 7.34. The lowest BCUT2D eigenvalue weighted by Gasteiger charge is -2.15. The number of ether oxygens (including phenoxy) is 4. The van der Waals surface area contributed by atoms with Gasteiger partial charge in [-0.1, -0.05) is 41.9 Å². The average Bonchev–Trinajstić information content (AvgIpc) is 3.39. The number of benzene rings is 3. The first-order valence-corrected chi connectivity index (χ1v) is 16.5. The van der Waals surface area contributed by atoms with Gasteiger partial charge in [0.15, 0.2) is 5.82 Å². The molecule has 0 saturated carbocycles. The number of carbonyl (C=O) groups excluding carboxylic acids is 2. The predicted octanol–water partition coefficient (Wildman–Crippen LogP) is 4.58. The second-order valence-corrected chi connectivity index (χ2v) is 11.2. The highest BCUT2D eigenvalue weighted by Crippen LogP contribution is 2.29. The van der Waals surface area contributed by atoms with Gasteiger partial charge in [0.05, 0.1) is 51.0 Å². The molecule has 13 heteroatoms. The zero-order valence-corrected chi connectivity index (χ0v) is 28.9. The van der Waals surface area contributed by atoms with Crippen LogP contribution >= 0.6 is 11.6 Å². The molecule has 4 aromatic rings. The summed E-state index contributed by atoms with van der Waals surface area (Å²) in [5.41, 5.74) is 4.31. The molecule has 5 rings (SSSR count). The van der Waals surface area contributed by atoms with Crippen molar-refractivity contribution in [3.8, 4) is 11.4 Å². The first-order chi connectivity index (χ1) is 23.9. The third-order valence-electron chi connectivity index (χ3n) is 7.09. The monoisotopic (exact) mass is 690 g/mol.